The first kappa shape index (κ1) is 19.3. The summed E-state index contributed by atoms with van der Waals surface area (Å²) >= 11 is 0. The van der Waals surface area contributed by atoms with E-state index in [1.54, 1.807) is 4.90 Å². The maximum absolute atomic E-state index is 11.9. The molecule has 2 rings (SSSR count). The lowest BCUT2D eigenvalue weighted by Crippen LogP contribution is -2.49. The number of halogens is 1. The number of amides is 1. The summed E-state index contributed by atoms with van der Waals surface area (Å²) in [6.07, 6.45) is 2.45. The average molecular weight is 343 g/mol. The highest BCUT2D eigenvalue weighted by molar-refractivity contribution is 5.85. The largest absolute Gasteiger partial charge is 0.492 e. The number of nitrogens with one attached hydrogen (secondary N) is 1. The van der Waals surface area contributed by atoms with E-state index in [4.69, 9.17) is 9.84 Å². The fourth-order valence-electron chi connectivity index (χ4n) is 2.58. The fourth-order valence-corrected chi connectivity index (χ4v) is 2.58. The number of hydrogen-bond acceptors (Lipinski definition) is 4. The standard InChI is InChI=1S/C16H22N2O4.ClH/c19-15(12-18-10-5-4-8-14(18)16(20)21)17-9-11-22-13-6-2-1-3-7-13;/h1-3,6-7,14H,4-5,8-12H2,(H,17,19)(H,20,21);1H. The number of likely N-dealkylation sites (tertiary alicyclic amines) is 1. The minimum atomic E-state index is -0.847. The number of ether oxygens (including phenoxy) is 1. The van der Waals surface area contributed by atoms with Crippen molar-refractivity contribution in [3.63, 3.8) is 0 Å². The maximum atomic E-state index is 11.9. The molecule has 1 atom stereocenters. The molecular weight excluding hydrogens is 320 g/mol. The zero-order valence-corrected chi connectivity index (χ0v) is 13.8. The lowest BCUT2D eigenvalue weighted by Gasteiger charge is -2.32. The van der Waals surface area contributed by atoms with Gasteiger partial charge in [0.05, 0.1) is 13.1 Å². The highest BCUT2D eigenvalue weighted by Gasteiger charge is 2.29. The minimum Gasteiger partial charge on any atom is -0.492 e. The summed E-state index contributed by atoms with van der Waals surface area (Å²) in [6.45, 7) is 1.57. The van der Waals surface area contributed by atoms with Crippen LogP contribution in [0, 0.1) is 0 Å². The van der Waals surface area contributed by atoms with Gasteiger partial charge in [0, 0.05) is 0 Å². The molecule has 1 fully saturated rings. The molecule has 1 amide bonds. The van der Waals surface area contributed by atoms with Gasteiger partial charge < -0.3 is 15.2 Å². The van der Waals surface area contributed by atoms with Gasteiger partial charge in [-0.15, -0.1) is 12.4 Å². The van der Waals surface area contributed by atoms with Crippen LogP contribution < -0.4 is 10.1 Å². The van der Waals surface area contributed by atoms with Crippen molar-refractivity contribution in [2.24, 2.45) is 0 Å². The molecular formula is C16H23ClN2O4. The second-order valence-electron chi connectivity index (χ2n) is 5.33. The zero-order valence-electron chi connectivity index (χ0n) is 12.9. The van der Waals surface area contributed by atoms with Gasteiger partial charge in [-0.05, 0) is 31.5 Å². The third-order valence-electron chi connectivity index (χ3n) is 3.68. The quantitative estimate of drug-likeness (QED) is 0.735. The minimum absolute atomic E-state index is 0. The fraction of sp³-hybridized carbons (Fsp3) is 0.500. The van der Waals surface area contributed by atoms with Gasteiger partial charge in [0.15, 0.2) is 0 Å². The molecule has 0 radical (unpaired) electrons. The Hall–Kier alpha value is -1.79. The van der Waals surface area contributed by atoms with E-state index in [2.05, 4.69) is 5.32 Å². The van der Waals surface area contributed by atoms with Crippen molar-refractivity contribution in [1.82, 2.24) is 10.2 Å². The Kier molecular flexibility index (Phi) is 8.43. The Morgan fingerprint density at radius 3 is 2.70 bits per heavy atom. The predicted octanol–water partition coefficient (Wildman–Crippen LogP) is 1.54. The van der Waals surface area contributed by atoms with E-state index in [9.17, 15) is 9.59 Å². The van der Waals surface area contributed by atoms with Crippen LogP contribution in [0.3, 0.4) is 0 Å². The topological polar surface area (TPSA) is 78.9 Å². The van der Waals surface area contributed by atoms with Gasteiger partial charge in [-0.25, -0.2) is 0 Å². The number of piperidine rings is 1. The number of rotatable bonds is 7. The Bertz CT molecular complexity index is 498. The first-order valence-electron chi connectivity index (χ1n) is 7.58. The number of carbonyl (C=O) groups excluding carboxylic acids is 1. The average Bonchev–Trinajstić information content (AvgIpc) is 2.53. The molecule has 0 aliphatic carbocycles. The van der Waals surface area contributed by atoms with E-state index in [1.165, 1.54) is 0 Å². The molecule has 7 heteroatoms. The van der Waals surface area contributed by atoms with Crippen LogP contribution in [0.1, 0.15) is 19.3 Å². The molecule has 1 aliphatic heterocycles. The molecule has 1 heterocycles. The molecule has 0 saturated carbocycles. The van der Waals surface area contributed by atoms with Crippen LogP contribution in [0.5, 0.6) is 5.75 Å². The van der Waals surface area contributed by atoms with Crippen LogP contribution in [-0.4, -0.2) is 54.2 Å². The van der Waals surface area contributed by atoms with Gasteiger partial charge in [-0.3, -0.25) is 14.5 Å². The van der Waals surface area contributed by atoms with Crippen molar-refractivity contribution < 1.29 is 19.4 Å². The first-order valence-corrected chi connectivity index (χ1v) is 7.58. The molecule has 1 aromatic carbocycles. The number of para-hydroxylation sites is 1. The van der Waals surface area contributed by atoms with Crippen molar-refractivity contribution in [2.45, 2.75) is 25.3 Å². The van der Waals surface area contributed by atoms with Crippen molar-refractivity contribution >= 4 is 24.3 Å². The van der Waals surface area contributed by atoms with E-state index >= 15 is 0 Å². The second-order valence-corrected chi connectivity index (χ2v) is 5.33. The summed E-state index contributed by atoms with van der Waals surface area (Å²) in [5, 5.41) is 11.9. The van der Waals surface area contributed by atoms with Crippen LogP contribution in [-0.2, 0) is 9.59 Å². The monoisotopic (exact) mass is 342 g/mol. The summed E-state index contributed by atoms with van der Waals surface area (Å²) in [4.78, 5) is 24.8. The summed E-state index contributed by atoms with van der Waals surface area (Å²) in [7, 11) is 0. The summed E-state index contributed by atoms with van der Waals surface area (Å²) in [5.41, 5.74) is 0. The number of carbonyl (C=O) groups is 2. The SMILES string of the molecule is Cl.O=C(CN1CCCCC1C(=O)O)NCCOc1ccccc1. The molecule has 1 saturated heterocycles. The van der Waals surface area contributed by atoms with E-state index in [-0.39, 0.29) is 24.9 Å². The smallest absolute Gasteiger partial charge is 0.320 e. The van der Waals surface area contributed by atoms with Crippen LogP contribution in [0.15, 0.2) is 30.3 Å². The Morgan fingerprint density at radius 2 is 2.00 bits per heavy atom. The first-order chi connectivity index (χ1) is 10.7. The van der Waals surface area contributed by atoms with Gasteiger partial charge in [-0.2, -0.15) is 0 Å². The summed E-state index contributed by atoms with van der Waals surface area (Å²) < 4.78 is 5.48. The molecule has 0 bridgehead atoms. The third kappa shape index (κ3) is 6.46. The zero-order chi connectivity index (χ0) is 15.8. The molecule has 6 nitrogen and oxygen atoms in total. The predicted molar refractivity (Wildman–Crippen MR) is 89.0 cm³/mol. The number of carboxylic acid groups (broad SMARTS) is 1. The van der Waals surface area contributed by atoms with Crippen LogP contribution >= 0.6 is 12.4 Å². The molecule has 0 aromatic heterocycles. The summed E-state index contributed by atoms with van der Waals surface area (Å²) in [5.74, 6) is -0.247. The number of aliphatic carboxylic acids is 1. The Morgan fingerprint density at radius 1 is 1.26 bits per heavy atom. The highest BCUT2D eigenvalue weighted by atomic mass is 35.5. The number of benzene rings is 1. The lowest BCUT2D eigenvalue weighted by molar-refractivity contribution is -0.145. The maximum Gasteiger partial charge on any atom is 0.320 e. The number of hydrogen-bond donors (Lipinski definition) is 2. The van der Waals surface area contributed by atoms with Crippen molar-refractivity contribution in [2.75, 3.05) is 26.2 Å². The molecule has 0 spiro atoms. The molecule has 128 valence electrons. The molecule has 1 aromatic rings. The highest BCUT2D eigenvalue weighted by Crippen LogP contribution is 2.16. The Labute approximate surface area is 142 Å². The third-order valence-corrected chi connectivity index (χ3v) is 3.68. The van der Waals surface area contributed by atoms with Crippen molar-refractivity contribution in [3.05, 3.63) is 30.3 Å². The van der Waals surface area contributed by atoms with E-state index in [1.807, 2.05) is 30.3 Å². The summed E-state index contributed by atoms with van der Waals surface area (Å²) in [6, 6.07) is 8.85. The molecule has 2 N–H and O–H groups in total. The molecule has 1 unspecified atom stereocenters. The normalized spacial score (nSPS) is 17.8. The van der Waals surface area contributed by atoms with Crippen LogP contribution in [0.25, 0.3) is 0 Å². The van der Waals surface area contributed by atoms with Crippen LogP contribution in [0.4, 0.5) is 0 Å². The van der Waals surface area contributed by atoms with E-state index in [0.29, 0.717) is 26.1 Å². The van der Waals surface area contributed by atoms with E-state index in [0.717, 1.165) is 18.6 Å². The second kappa shape index (κ2) is 10.1. The lowest BCUT2D eigenvalue weighted by atomic mass is 10.0. The number of carboxylic acids is 1. The van der Waals surface area contributed by atoms with Crippen LogP contribution in [0.2, 0.25) is 0 Å². The molecule has 1 aliphatic rings. The van der Waals surface area contributed by atoms with Gasteiger partial charge in [0.1, 0.15) is 18.4 Å². The van der Waals surface area contributed by atoms with Gasteiger partial charge in [-0.1, -0.05) is 24.6 Å². The van der Waals surface area contributed by atoms with Gasteiger partial charge in [0.25, 0.3) is 0 Å². The van der Waals surface area contributed by atoms with Crippen molar-refractivity contribution in [3.8, 4) is 5.75 Å². The number of nitrogens with zero attached hydrogens (tertiary/aromatic N) is 1. The van der Waals surface area contributed by atoms with E-state index < -0.39 is 12.0 Å². The Balaban J connectivity index is 0.00000264. The van der Waals surface area contributed by atoms with Gasteiger partial charge >= 0.3 is 5.97 Å². The van der Waals surface area contributed by atoms with Gasteiger partial charge in [0.2, 0.25) is 5.91 Å². The molecule has 23 heavy (non-hydrogen) atoms. The van der Waals surface area contributed by atoms with Crippen molar-refractivity contribution in [1.29, 1.82) is 0 Å².